The van der Waals surface area contributed by atoms with Gasteiger partial charge < -0.3 is 4.57 Å². The summed E-state index contributed by atoms with van der Waals surface area (Å²) in [6, 6.07) is 11.9. The summed E-state index contributed by atoms with van der Waals surface area (Å²) in [7, 11) is 0. The van der Waals surface area contributed by atoms with Crippen LogP contribution in [0.1, 0.15) is 61.2 Å². The van der Waals surface area contributed by atoms with Crippen molar-refractivity contribution >= 4 is 11.0 Å². The zero-order valence-corrected chi connectivity index (χ0v) is 15.9. The second-order valence-electron chi connectivity index (χ2n) is 7.64. The molecule has 130 valence electrons. The van der Waals surface area contributed by atoms with E-state index in [0.29, 0.717) is 6.04 Å². The summed E-state index contributed by atoms with van der Waals surface area (Å²) in [5.74, 6) is 1.25. The number of imidazole rings is 1. The van der Waals surface area contributed by atoms with Gasteiger partial charge in [0.1, 0.15) is 5.82 Å². The minimum Gasteiger partial charge on any atom is -0.325 e. The molecule has 1 aliphatic rings. The molecule has 1 fully saturated rings. The molecule has 0 bridgehead atoms. The number of benzene rings is 2. The highest BCUT2D eigenvalue weighted by Crippen LogP contribution is 2.38. The molecule has 1 heterocycles. The van der Waals surface area contributed by atoms with E-state index in [9.17, 15) is 0 Å². The summed E-state index contributed by atoms with van der Waals surface area (Å²) in [6.07, 6.45) is 6.29. The normalized spacial score (nSPS) is 15.4. The fourth-order valence-corrected chi connectivity index (χ4v) is 4.79. The van der Waals surface area contributed by atoms with Gasteiger partial charge in [0.05, 0.1) is 11.0 Å². The van der Waals surface area contributed by atoms with Crippen molar-refractivity contribution in [2.45, 2.75) is 65.8 Å². The first-order valence-corrected chi connectivity index (χ1v) is 9.68. The Balaban J connectivity index is 1.98. The molecule has 1 aromatic heterocycles. The monoisotopic (exact) mass is 332 g/mol. The lowest BCUT2D eigenvalue weighted by Crippen LogP contribution is -2.08. The van der Waals surface area contributed by atoms with E-state index < -0.39 is 0 Å². The fraction of sp³-hybridized carbons (Fsp3) is 0.435. The number of nitrogens with zero attached hydrogens (tertiary/aromatic N) is 2. The molecule has 2 nitrogen and oxygen atoms in total. The number of aromatic nitrogens is 2. The third-order valence-electron chi connectivity index (χ3n) is 5.75. The van der Waals surface area contributed by atoms with Crippen LogP contribution in [0.2, 0.25) is 0 Å². The number of para-hydroxylation sites is 1. The molecule has 0 N–H and O–H groups in total. The van der Waals surface area contributed by atoms with Gasteiger partial charge in [0.15, 0.2) is 0 Å². The zero-order chi connectivity index (χ0) is 17.6. The van der Waals surface area contributed by atoms with Crippen molar-refractivity contribution in [1.29, 1.82) is 0 Å². The molecule has 2 heteroatoms. The van der Waals surface area contributed by atoms with Gasteiger partial charge in [-0.2, -0.15) is 0 Å². The molecule has 0 radical (unpaired) electrons. The summed E-state index contributed by atoms with van der Waals surface area (Å²) < 4.78 is 2.55. The number of aryl methyl sites for hydroxylation is 4. The molecular formula is C23H28N2. The standard InChI is InChI=1S/C23H28N2/c1-5-21-24-23-19(22-16(3)13-15(2)14-17(22)4)11-8-12-20(23)25(21)18-9-6-7-10-18/h8,11-14,18H,5-7,9-10H2,1-4H3. The van der Waals surface area contributed by atoms with Crippen LogP contribution in [-0.4, -0.2) is 9.55 Å². The maximum Gasteiger partial charge on any atom is 0.109 e. The highest BCUT2D eigenvalue weighted by atomic mass is 15.1. The van der Waals surface area contributed by atoms with E-state index in [4.69, 9.17) is 4.98 Å². The fourth-order valence-electron chi connectivity index (χ4n) is 4.79. The van der Waals surface area contributed by atoms with Crippen LogP contribution in [0.5, 0.6) is 0 Å². The number of hydrogen-bond donors (Lipinski definition) is 0. The van der Waals surface area contributed by atoms with Crippen LogP contribution in [0.25, 0.3) is 22.2 Å². The van der Waals surface area contributed by atoms with Crippen molar-refractivity contribution < 1.29 is 0 Å². The minimum atomic E-state index is 0.635. The molecular weight excluding hydrogens is 304 g/mol. The van der Waals surface area contributed by atoms with E-state index in [2.05, 4.69) is 62.6 Å². The van der Waals surface area contributed by atoms with E-state index in [1.165, 1.54) is 70.4 Å². The first-order chi connectivity index (χ1) is 12.1. The Morgan fingerprint density at radius 2 is 1.72 bits per heavy atom. The third kappa shape index (κ3) is 2.68. The highest BCUT2D eigenvalue weighted by Gasteiger charge is 2.23. The quantitative estimate of drug-likeness (QED) is 0.550. The van der Waals surface area contributed by atoms with Crippen molar-refractivity contribution in [3.8, 4) is 11.1 Å². The Hall–Kier alpha value is -2.09. The summed E-state index contributed by atoms with van der Waals surface area (Å²) >= 11 is 0. The average molecular weight is 332 g/mol. The first-order valence-electron chi connectivity index (χ1n) is 9.68. The lowest BCUT2D eigenvalue weighted by molar-refractivity contribution is 0.513. The van der Waals surface area contributed by atoms with Gasteiger partial charge in [0, 0.05) is 18.0 Å². The van der Waals surface area contributed by atoms with E-state index in [-0.39, 0.29) is 0 Å². The van der Waals surface area contributed by atoms with E-state index >= 15 is 0 Å². The van der Waals surface area contributed by atoms with Gasteiger partial charge in [-0.25, -0.2) is 4.98 Å². The number of rotatable bonds is 3. The van der Waals surface area contributed by atoms with Crippen molar-refractivity contribution in [1.82, 2.24) is 9.55 Å². The highest BCUT2D eigenvalue weighted by molar-refractivity contribution is 5.94. The summed E-state index contributed by atoms with van der Waals surface area (Å²) in [4.78, 5) is 5.12. The Morgan fingerprint density at radius 3 is 2.36 bits per heavy atom. The maximum atomic E-state index is 5.12. The summed E-state index contributed by atoms with van der Waals surface area (Å²) in [6.45, 7) is 8.86. The average Bonchev–Trinajstić information content (AvgIpc) is 3.20. The molecule has 0 aliphatic heterocycles. The third-order valence-corrected chi connectivity index (χ3v) is 5.75. The van der Waals surface area contributed by atoms with Crippen LogP contribution in [0.4, 0.5) is 0 Å². The molecule has 2 aromatic carbocycles. The van der Waals surface area contributed by atoms with Crippen LogP contribution in [0.15, 0.2) is 30.3 Å². The maximum absolute atomic E-state index is 5.12. The van der Waals surface area contributed by atoms with Gasteiger partial charge in [-0.15, -0.1) is 0 Å². The van der Waals surface area contributed by atoms with Crippen molar-refractivity contribution in [3.05, 3.63) is 52.8 Å². The number of hydrogen-bond acceptors (Lipinski definition) is 1. The second kappa shape index (κ2) is 6.33. The van der Waals surface area contributed by atoms with Gasteiger partial charge in [-0.3, -0.25) is 0 Å². The SMILES string of the molecule is CCc1nc2c(-c3c(C)cc(C)cc3C)cccc2n1C1CCCC1. The Bertz CT molecular complexity index is 904. The van der Waals surface area contributed by atoms with Crippen LogP contribution in [0, 0.1) is 20.8 Å². The van der Waals surface area contributed by atoms with Gasteiger partial charge in [-0.05, 0) is 56.4 Å². The van der Waals surface area contributed by atoms with Crippen LogP contribution < -0.4 is 0 Å². The molecule has 0 amide bonds. The van der Waals surface area contributed by atoms with Gasteiger partial charge in [0.2, 0.25) is 0 Å². The Labute approximate surface area is 150 Å². The van der Waals surface area contributed by atoms with E-state index in [1.807, 2.05) is 0 Å². The molecule has 1 saturated carbocycles. The van der Waals surface area contributed by atoms with Gasteiger partial charge >= 0.3 is 0 Å². The summed E-state index contributed by atoms with van der Waals surface area (Å²) in [5, 5.41) is 0. The largest absolute Gasteiger partial charge is 0.325 e. The summed E-state index contributed by atoms with van der Waals surface area (Å²) in [5.41, 5.74) is 9.17. The Morgan fingerprint density at radius 1 is 1.04 bits per heavy atom. The molecule has 0 saturated heterocycles. The first kappa shape index (κ1) is 16.4. The van der Waals surface area contributed by atoms with Crippen LogP contribution >= 0.6 is 0 Å². The van der Waals surface area contributed by atoms with E-state index in [1.54, 1.807) is 0 Å². The topological polar surface area (TPSA) is 17.8 Å². The van der Waals surface area contributed by atoms with Crippen molar-refractivity contribution in [2.24, 2.45) is 0 Å². The van der Waals surface area contributed by atoms with Crippen LogP contribution in [0.3, 0.4) is 0 Å². The molecule has 0 unspecified atom stereocenters. The Kier molecular flexibility index (Phi) is 4.15. The van der Waals surface area contributed by atoms with Crippen molar-refractivity contribution in [2.75, 3.05) is 0 Å². The lowest BCUT2D eigenvalue weighted by Gasteiger charge is -2.16. The molecule has 3 aromatic rings. The van der Waals surface area contributed by atoms with Gasteiger partial charge in [0.25, 0.3) is 0 Å². The minimum absolute atomic E-state index is 0.635. The smallest absolute Gasteiger partial charge is 0.109 e. The zero-order valence-electron chi connectivity index (χ0n) is 15.9. The van der Waals surface area contributed by atoms with Gasteiger partial charge in [-0.1, -0.05) is 49.6 Å². The predicted octanol–water partition coefficient (Wildman–Crippen LogP) is 6.31. The molecule has 0 spiro atoms. The molecule has 1 aliphatic carbocycles. The second-order valence-corrected chi connectivity index (χ2v) is 7.64. The molecule has 0 atom stereocenters. The number of fused-ring (bicyclic) bond motifs is 1. The van der Waals surface area contributed by atoms with Crippen LogP contribution in [-0.2, 0) is 6.42 Å². The van der Waals surface area contributed by atoms with E-state index in [0.717, 1.165) is 6.42 Å². The lowest BCUT2D eigenvalue weighted by atomic mass is 9.93. The molecule has 25 heavy (non-hydrogen) atoms. The molecule has 4 rings (SSSR count). The van der Waals surface area contributed by atoms with Crippen molar-refractivity contribution in [3.63, 3.8) is 0 Å². The predicted molar refractivity (Wildman–Crippen MR) is 106 cm³/mol.